The van der Waals surface area contributed by atoms with Crippen LogP contribution in [0.4, 0.5) is 5.69 Å². The third kappa shape index (κ3) is 3.21. The van der Waals surface area contributed by atoms with Gasteiger partial charge in [-0.3, -0.25) is 9.59 Å². The highest BCUT2D eigenvalue weighted by Gasteiger charge is 2.33. The number of rotatable bonds is 3. The third-order valence-corrected chi connectivity index (χ3v) is 4.28. The SMILES string of the molecule is CNC(=O)[C@H]1CN(C(=O)Cc2ccccc2Cl)c2ccccc2O1. The predicted molar refractivity (Wildman–Crippen MR) is 92.4 cm³/mol. The normalized spacial score (nSPS) is 16.1. The quantitative estimate of drug-likeness (QED) is 0.930. The molecule has 1 atom stereocenters. The van der Waals surface area contributed by atoms with Gasteiger partial charge < -0.3 is 15.0 Å². The minimum atomic E-state index is -0.736. The van der Waals surface area contributed by atoms with Gasteiger partial charge in [-0.2, -0.15) is 0 Å². The number of hydrogen-bond acceptors (Lipinski definition) is 3. The van der Waals surface area contributed by atoms with Gasteiger partial charge in [-0.05, 0) is 23.8 Å². The number of fused-ring (bicyclic) bond motifs is 1. The van der Waals surface area contributed by atoms with E-state index in [-0.39, 0.29) is 24.8 Å². The molecule has 6 heteroatoms. The van der Waals surface area contributed by atoms with E-state index in [0.29, 0.717) is 16.5 Å². The fraction of sp³-hybridized carbons (Fsp3) is 0.222. The van der Waals surface area contributed by atoms with Crippen LogP contribution < -0.4 is 15.0 Å². The second kappa shape index (κ2) is 6.93. The number of para-hydroxylation sites is 2. The fourth-order valence-electron chi connectivity index (χ4n) is 2.67. The number of ether oxygens (including phenoxy) is 1. The van der Waals surface area contributed by atoms with Gasteiger partial charge in [0.25, 0.3) is 5.91 Å². The molecule has 3 rings (SSSR count). The number of carbonyl (C=O) groups is 2. The van der Waals surface area contributed by atoms with Crippen LogP contribution in [0.3, 0.4) is 0 Å². The van der Waals surface area contributed by atoms with Gasteiger partial charge in [0.2, 0.25) is 5.91 Å². The lowest BCUT2D eigenvalue weighted by atomic mass is 10.1. The summed E-state index contributed by atoms with van der Waals surface area (Å²) < 4.78 is 5.71. The number of anilines is 1. The summed E-state index contributed by atoms with van der Waals surface area (Å²) in [4.78, 5) is 26.4. The Labute approximate surface area is 145 Å². The first-order valence-electron chi connectivity index (χ1n) is 7.61. The Hall–Kier alpha value is -2.53. The molecule has 1 aliphatic rings. The molecule has 0 unspecified atom stereocenters. The van der Waals surface area contributed by atoms with E-state index < -0.39 is 6.10 Å². The first-order valence-corrected chi connectivity index (χ1v) is 7.99. The highest BCUT2D eigenvalue weighted by molar-refractivity contribution is 6.31. The van der Waals surface area contributed by atoms with Crippen LogP contribution in [0.25, 0.3) is 0 Å². The molecule has 1 aliphatic heterocycles. The van der Waals surface area contributed by atoms with Crippen molar-refractivity contribution in [2.45, 2.75) is 12.5 Å². The van der Waals surface area contributed by atoms with E-state index in [1.165, 1.54) is 0 Å². The van der Waals surface area contributed by atoms with Crippen molar-refractivity contribution in [3.05, 3.63) is 59.1 Å². The highest BCUT2D eigenvalue weighted by atomic mass is 35.5. The van der Waals surface area contributed by atoms with E-state index in [2.05, 4.69) is 5.32 Å². The maximum atomic E-state index is 12.8. The molecule has 2 aromatic rings. The maximum absolute atomic E-state index is 12.8. The Morgan fingerprint density at radius 2 is 1.92 bits per heavy atom. The molecular weight excluding hydrogens is 328 g/mol. The number of benzene rings is 2. The molecule has 1 heterocycles. The van der Waals surface area contributed by atoms with E-state index in [0.717, 1.165) is 5.56 Å². The van der Waals surface area contributed by atoms with E-state index in [4.69, 9.17) is 16.3 Å². The average Bonchev–Trinajstić information content (AvgIpc) is 2.61. The molecule has 0 fully saturated rings. The third-order valence-electron chi connectivity index (χ3n) is 3.91. The van der Waals surface area contributed by atoms with Gasteiger partial charge in [-0.15, -0.1) is 0 Å². The first-order chi connectivity index (χ1) is 11.6. The maximum Gasteiger partial charge on any atom is 0.262 e. The largest absolute Gasteiger partial charge is 0.477 e. The van der Waals surface area contributed by atoms with Crippen LogP contribution in [-0.2, 0) is 16.0 Å². The Bertz CT molecular complexity index is 778. The van der Waals surface area contributed by atoms with Crippen LogP contribution in [0.15, 0.2) is 48.5 Å². The lowest BCUT2D eigenvalue weighted by Gasteiger charge is -2.34. The topological polar surface area (TPSA) is 58.6 Å². The van der Waals surface area contributed by atoms with Crippen LogP contribution in [0.5, 0.6) is 5.75 Å². The number of hydrogen-bond donors (Lipinski definition) is 1. The molecule has 5 nitrogen and oxygen atoms in total. The van der Waals surface area contributed by atoms with Gasteiger partial charge in [0.1, 0.15) is 5.75 Å². The van der Waals surface area contributed by atoms with Crippen molar-refractivity contribution in [3.63, 3.8) is 0 Å². The van der Waals surface area contributed by atoms with E-state index >= 15 is 0 Å². The zero-order valence-electron chi connectivity index (χ0n) is 13.2. The molecule has 0 saturated heterocycles. The molecular formula is C18H17ClN2O3. The van der Waals surface area contributed by atoms with Gasteiger partial charge in [-0.25, -0.2) is 0 Å². The Morgan fingerprint density at radius 3 is 2.67 bits per heavy atom. The fourth-order valence-corrected chi connectivity index (χ4v) is 2.87. The van der Waals surface area contributed by atoms with Crippen molar-refractivity contribution in [1.29, 1.82) is 0 Å². The number of amides is 2. The summed E-state index contributed by atoms with van der Waals surface area (Å²) in [5.74, 6) is 0.123. The van der Waals surface area contributed by atoms with Gasteiger partial charge in [0.05, 0.1) is 18.7 Å². The zero-order valence-corrected chi connectivity index (χ0v) is 13.9. The van der Waals surface area contributed by atoms with Crippen LogP contribution in [0.1, 0.15) is 5.56 Å². The minimum Gasteiger partial charge on any atom is -0.477 e. The van der Waals surface area contributed by atoms with Crippen molar-refractivity contribution in [1.82, 2.24) is 5.32 Å². The van der Waals surface area contributed by atoms with Gasteiger partial charge >= 0.3 is 0 Å². The summed E-state index contributed by atoms with van der Waals surface area (Å²) in [5, 5.41) is 3.11. The summed E-state index contributed by atoms with van der Waals surface area (Å²) in [7, 11) is 1.54. The van der Waals surface area contributed by atoms with Crippen molar-refractivity contribution in [2.75, 3.05) is 18.5 Å². The molecule has 24 heavy (non-hydrogen) atoms. The summed E-state index contributed by atoms with van der Waals surface area (Å²) in [6.07, 6.45) is -0.575. The van der Waals surface area contributed by atoms with E-state index in [1.54, 1.807) is 30.1 Å². The van der Waals surface area contributed by atoms with Crippen LogP contribution >= 0.6 is 11.6 Å². The van der Waals surface area contributed by atoms with E-state index in [1.807, 2.05) is 30.3 Å². The molecule has 2 amide bonds. The van der Waals surface area contributed by atoms with Crippen molar-refractivity contribution < 1.29 is 14.3 Å². The lowest BCUT2D eigenvalue weighted by Crippen LogP contribution is -2.50. The number of likely N-dealkylation sites (N-methyl/N-ethyl adjacent to an activating group) is 1. The Balaban J connectivity index is 1.89. The van der Waals surface area contributed by atoms with Crippen LogP contribution in [0.2, 0.25) is 5.02 Å². The molecule has 124 valence electrons. The summed E-state index contributed by atoms with van der Waals surface area (Å²) >= 11 is 6.15. The molecule has 2 aromatic carbocycles. The van der Waals surface area contributed by atoms with Crippen LogP contribution in [-0.4, -0.2) is 31.5 Å². The van der Waals surface area contributed by atoms with Gasteiger partial charge in [0.15, 0.2) is 6.10 Å². The Kier molecular flexibility index (Phi) is 4.71. The lowest BCUT2D eigenvalue weighted by molar-refractivity contribution is -0.127. The molecule has 1 N–H and O–H groups in total. The molecule has 0 saturated carbocycles. The standard InChI is InChI=1S/C18H17ClN2O3/c1-20-18(23)16-11-21(14-8-4-5-9-15(14)24-16)17(22)10-12-6-2-3-7-13(12)19/h2-9,16H,10-11H2,1H3,(H,20,23)/t16-/m1/s1. The molecule has 0 aromatic heterocycles. The minimum absolute atomic E-state index is 0.132. The predicted octanol–water partition coefficient (Wildman–Crippen LogP) is 2.42. The van der Waals surface area contributed by atoms with Crippen LogP contribution in [0, 0.1) is 0 Å². The average molecular weight is 345 g/mol. The number of carbonyl (C=O) groups excluding carboxylic acids is 2. The number of halogens is 1. The van der Waals surface area contributed by atoms with Crippen molar-refractivity contribution >= 4 is 29.1 Å². The molecule has 0 radical (unpaired) electrons. The summed E-state index contributed by atoms with van der Waals surface area (Å²) in [5.41, 5.74) is 1.42. The summed E-state index contributed by atoms with van der Waals surface area (Å²) in [6.45, 7) is 0.167. The second-order valence-corrected chi connectivity index (χ2v) is 5.87. The number of nitrogens with one attached hydrogen (secondary N) is 1. The molecule has 0 spiro atoms. The Morgan fingerprint density at radius 1 is 1.21 bits per heavy atom. The zero-order chi connectivity index (χ0) is 17.1. The highest BCUT2D eigenvalue weighted by Crippen LogP contribution is 2.33. The summed E-state index contributed by atoms with van der Waals surface area (Å²) in [6, 6.07) is 14.4. The van der Waals surface area contributed by atoms with Gasteiger partial charge in [-0.1, -0.05) is 41.9 Å². The molecule has 0 aliphatic carbocycles. The van der Waals surface area contributed by atoms with E-state index in [9.17, 15) is 9.59 Å². The van der Waals surface area contributed by atoms with Gasteiger partial charge in [0, 0.05) is 12.1 Å². The second-order valence-electron chi connectivity index (χ2n) is 5.46. The van der Waals surface area contributed by atoms with Crippen molar-refractivity contribution in [2.24, 2.45) is 0 Å². The smallest absolute Gasteiger partial charge is 0.262 e. The van der Waals surface area contributed by atoms with Crippen molar-refractivity contribution in [3.8, 4) is 5.75 Å². The first kappa shape index (κ1) is 16.3. The number of nitrogens with zero attached hydrogens (tertiary/aromatic N) is 1. The molecule has 0 bridgehead atoms. The monoisotopic (exact) mass is 344 g/mol.